The van der Waals surface area contributed by atoms with E-state index in [1.54, 1.807) is 18.7 Å². The first-order valence-electron chi connectivity index (χ1n) is 10.1. The molecule has 0 bridgehead atoms. The van der Waals surface area contributed by atoms with Crippen LogP contribution in [0.15, 0.2) is 23.8 Å². The monoisotopic (exact) mass is 374 g/mol. The van der Waals surface area contributed by atoms with Gasteiger partial charge in [0.15, 0.2) is 0 Å². The Balaban J connectivity index is 1.80. The predicted molar refractivity (Wildman–Crippen MR) is 102 cm³/mol. The van der Waals surface area contributed by atoms with E-state index in [1.807, 2.05) is 0 Å². The van der Waals surface area contributed by atoms with Crippen molar-refractivity contribution in [3.05, 3.63) is 23.8 Å². The zero-order valence-electron chi connectivity index (χ0n) is 16.5. The van der Waals surface area contributed by atoms with E-state index in [0.717, 1.165) is 19.3 Å². The molecule has 3 rings (SSSR count). The van der Waals surface area contributed by atoms with E-state index in [1.165, 1.54) is 10.5 Å². The fourth-order valence-electron chi connectivity index (χ4n) is 4.48. The third kappa shape index (κ3) is 3.94. The number of amides is 2. The quantitative estimate of drug-likeness (QED) is 0.670. The highest BCUT2D eigenvalue weighted by Crippen LogP contribution is 2.31. The highest BCUT2D eigenvalue weighted by molar-refractivity contribution is 5.99. The molecule has 3 aliphatic rings. The van der Waals surface area contributed by atoms with Crippen molar-refractivity contribution < 1.29 is 19.1 Å². The number of carbonyl (C=O) groups is 3. The first-order valence-corrected chi connectivity index (χ1v) is 10.1. The fourth-order valence-corrected chi connectivity index (χ4v) is 4.48. The number of carbonyl (C=O) groups excluding carboxylic acids is 3. The molecule has 6 heteroatoms. The Labute approximate surface area is 161 Å². The predicted octanol–water partition coefficient (Wildman–Crippen LogP) is 2.44. The number of allylic oxidation sites excluding steroid dienone is 4. The second-order valence-corrected chi connectivity index (χ2v) is 7.81. The Kier molecular flexibility index (Phi) is 6.02. The van der Waals surface area contributed by atoms with Crippen LogP contribution in [-0.4, -0.2) is 58.9 Å². The van der Waals surface area contributed by atoms with Crippen molar-refractivity contribution in [3.63, 3.8) is 0 Å². The minimum absolute atomic E-state index is 0.0557. The maximum Gasteiger partial charge on any atom is 0.328 e. The molecule has 2 heterocycles. The molecule has 2 aliphatic heterocycles. The van der Waals surface area contributed by atoms with Crippen LogP contribution in [0.1, 0.15) is 52.9 Å². The van der Waals surface area contributed by atoms with Gasteiger partial charge in [-0.05, 0) is 51.9 Å². The minimum atomic E-state index is -0.707. The number of hydrogen-bond acceptors (Lipinski definition) is 4. The van der Waals surface area contributed by atoms with E-state index in [-0.39, 0.29) is 18.4 Å². The van der Waals surface area contributed by atoms with Gasteiger partial charge in [0.25, 0.3) is 0 Å². The van der Waals surface area contributed by atoms with Gasteiger partial charge in [0.05, 0.1) is 6.61 Å². The second-order valence-electron chi connectivity index (χ2n) is 7.81. The summed E-state index contributed by atoms with van der Waals surface area (Å²) in [5.74, 6) is -0.0875. The molecule has 0 N–H and O–H groups in total. The number of nitrogens with zero attached hydrogens (tertiary/aromatic N) is 2. The standard InChI is InChI=1S/C21H30N2O4/c1-4-27-21(26)18(11-10-16-8-5-7-14(2)13-16)23-15(3)19(24)22-12-6-9-17(22)20(23)25/h5,7-8,14-15,17-18H,4,6,9-13H2,1-3H3/t14?,15-,17?,18-/m0/s1. The number of piperazine rings is 1. The topological polar surface area (TPSA) is 66.9 Å². The van der Waals surface area contributed by atoms with Crippen LogP contribution < -0.4 is 0 Å². The SMILES string of the molecule is CCOC(=O)[C@H](CCC1=CC=CC(C)C1)N1C(=O)C2CCCN2C(=O)[C@@H]1C. The molecule has 6 nitrogen and oxygen atoms in total. The third-order valence-electron chi connectivity index (χ3n) is 5.84. The zero-order valence-corrected chi connectivity index (χ0v) is 16.5. The number of rotatable bonds is 6. The van der Waals surface area contributed by atoms with Crippen molar-refractivity contribution in [3.8, 4) is 0 Å². The largest absolute Gasteiger partial charge is 0.464 e. The van der Waals surface area contributed by atoms with Crippen molar-refractivity contribution in [1.29, 1.82) is 0 Å². The van der Waals surface area contributed by atoms with E-state index >= 15 is 0 Å². The van der Waals surface area contributed by atoms with Crippen molar-refractivity contribution >= 4 is 17.8 Å². The molecular weight excluding hydrogens is 344 g/mol. The number of hydrogen-bond donors (Lipinski definition) is 0. The van der Waals surface area contributed by atoms with Crippen molar-refractivity contribution in [2.24, 2.45) is 5.92 Å². The summed E-state index contributed by atoms with van der Waals surface area (Å²) in [4.78, 5) is 41.8. The first kappa shape index (κ1) is 19.6. The smallest absolute Gasteiger partial charge is 0.328 e. The van der Waals surface area contributed by atoms with Crippen LogP contribution in [0.5, 0.6) is 0 Å². The van der Waals surface area contributed by atoms with Crippen LogP contribution in [0, 0.1) is 5.92 Å². The molecule has 2 saturated heterocycles. The van der Waals surface area contributed by atoms with Crippen LogP contribution in [-0.2, 0) is 19.1 Å². The molecule has 2 amide bonds. The average Bonchev–Trinajstić information content (AvgIpc) is 3.13. The molecule has 0 aromatic rings. The highest BCUT2D eigenvalue weighted by Gasteiger charge is 2.49. The number of ether oxygens (including phenoxy) is 1. The van der Waals surface area contributed by atoms with Gasteiger partial charge in [0, 0.05) is 6.54 Å². The lowest BCUT2D eigenvalue weighted by Crippen LogP contribution is -2.65. The van der Waals surface area contributed by atoms with Crippen LogP contribution in [0.2, 0.25) is 0 Å². The van der Waals surface area contributed by atoms with E-state index in [2.05, 4.69) is 25.2 Å². The van der Waals surface area contributed by atoms with Gasteiger partial charge in [-0.15, -0.1) is 0 Å². The molecule has 0 radical (unpaired) electrons. The molecule has 0 spiro atoms. The summed E-state index contributed by atoms with van der Waals surface area (Å²) in [6.07, 6.45) is 9.99. The fraction of sp³-hybridized carbons (Fsp3) is 0.667. The Morgan fingerprint density at radius 3 is 2.78 bits per heavy atom. The summed E-state index contributed by atoms with van der Waals surface area (Å²) in [6.45, 7) is 6.55. The van der Waals surface area contributed by atoms with Crippen LogP contribution >= 0.6 is 0 Å². The van der Waals surface area contributed by atoms with Crippen LogP contribution in [0.3, 0.4) is 0 Å². The Morgan fingerprint density at radius 2 is 2.07 bits per heavy atom. The molecule has 0 aromatic carbocycles. The Bertz CT molecular complexity index is 669. The van der Waals surface area contributed by atoms with Gasteiger partial charge in [-0.2, -0.15) is 0 Å². The maximum atomic E-state index is 13.1. The van der Waals surface area contributed by atoms with Crippen LogP contribution in [0.4, 0.5) is 0 Å². The molecule has 148 valence electrons. The van der Waals surface area contributed by atoms with Crippen molar-refractivity contribution in [1.82, 2.24) is 9.80 Å². The van der Waals surface area contributed by atoms with Gasteiger partial charge < -0.3 is 14.5 Å². The minimum Gasteiger partial charge on any atom is -0.464 e. The summed E-state index contributed by atoms with van der Waals surface area (Å²) in [7, 11) is 0. The molecule has 1 aliphatic carbocycles. The summed E-state index contributed by atoms with van der Waals surface area (Å²) >= 11 is 0. The lowest BCUT2D eigenvalue weighted by atomic mass is 9.91. The van der Waals surface area contributed by atoms with E-state index < -0.39 is 24.1 Å². The second kappa shape index (κ2) is 8.28. The lowest BCUT2D eigenvalue weighted by molar-refractivity contribution is -0.168. The summed E-state index contributed by atoms with van der Waals surface area (Å²) in [5.41, 5.74) is 1.27. The van der Waals surface area contributed by atoms with E-state index in [0.29, 0.717) is 25.3 Å². The first-order chi connectivity index (χ1) is 12.9. The summed E-state index contributed by atoms with van der Waals surface area (Å²) in [6, 6.07) is -1.75. The normalized spacial score (nSPS) is 28.9. The third-order valence-corrected chi connectivity index (χ3v) is 5.84. The molecular formula is C21H30N2O4. The molecule has 0 saturated carbocycles. The molecule has 2 unspecified atom stereocenters. The van der Waals surface area contributed by atoms with Gasteiger partial charge in [0.1, 0.15) is 18.1 Å². The molecule has 4 atom stereocenters. The maximum absolute atomic E-state index is 13.1. The van der Waals surface area contributed by atoms with E-state index in [4.69, 9.17) is 4.74 Å². The van der Waals surface area contributed by atoms with Crippen molar-refractivity contribution in [2.75, 3.05) is 13.2 Å². The Morgan fingerprint density at radius 1 is 1.30 bits per heavy atom. The van der Waals surface area contributed by atoms with Gasteiger partial charge >= 0.3 is 5.97 Å². The van der Waals surface area contributed by atoms with Gasteiger partial charge in [-0.25, -0.2) is 4.79 Å². The van der Waals surface area contributed by atoms with Crippen LogP contribution in [0.25, 0.3) is 0 Å². The summed E-state index contributed by atoms with van der Waals surface area (Å²) in [5, 5.41) is 0. The lowest BCUT2D eigenvalue weighted by Gasteiger charge is -2.44. The number of esters is 1. The van der Waals surface area contributed by atoms with Gasteiger partial charge in [-0.1, -0.05) is 30.7 Å². The van der Waals surface area contributed by atoms with E-state index in [9.17, 15) is 14.4 Å². The highest BCUT2D eigenvalue weighted by atomic mass is 16.5. The van der Waals surface area contributed by atoms with Gasteiger partial charge in [0.2, 0.25) is 11.8 Å². The zero-order chi connectivity index (χ0) is 19.6. The number of fused-ring (bicyclic) bond motifs is 1. The molecule has 0 aromatic heterocycles. The average molecular weight is 374 g/mol. The summed E-state index contributed by atoms with van der Waals surface area (Å²) < 4.78 is 5.27. The molecule has 2 fully saturated rings. The van der Waals surface area contributed by atoms with Gasteiger partial charge in [-0.3, -0.25) is 9.59 Å². The Hall–Kier alpha value is -2.11. The van der Waals surface area contributed by atoms with Crippen molar-refractivity contribution in [2.45, 2.75) is 71.0 Å². The molecule has 27 heavy (non-hydrogen) atoms.